The fourth-order valence-electron chi connectivity index (χ4n) is 5.53. The average Bonchev–Trinajstić information content (AvgIpc) is 3.34. The molecule has 1 N–H and O–H groups in total. The number of anilines is 1. The normalized spacial score (nSPS) is 20.3. The number of pyridine rings is 1. The summed E-state index contributed by atoms with van der Waals surface area (Å²) in [6.07, 6.45) is 1.69. The van der Waals surface area contributed by atoms with E-state index >= 15 is 0 Å². The van der Waals surface area contributed by atoms with E-state index in [9.17, 15) is 9.59 Å². The lowest BCUT2D eigenvalue weighted by molar-refractivity contribution is -0.143. The van der Waals surface area contributed by atoms with Crippen LogP contribution in [0.3, 0.4) is 0 Å². The van der Waals surface area contributed by atoms with Crippen LogP contribution in [0.15, 0.2) is 71.7 Å². The Kier molecular flexibility index (Phi) is 6.59. The minimum atomic E-state index is -0.504. The van der Waals surface area contributed by atoms with E-state index in [0.29, 0.717) is 51.0 Å². The van der Waals surface area contributed by atoms with Crippen LogP contribution in [0.4, 0.5) is 5.95 Å². The molecule has 2 atom stereocenters. The van der Waals surface area contributed by atoms with E-state index in [4.69, 9.17) is 16.3 Å². The molecule has 194 valence electrons. The molecule has 6 rings (SSSR count). The minimum absolute atomic E-state index is 0.225. The highest BCUT2D eigenvalue weighted by molar-refractivity contribution is 6.33. The highest BCUT2D eigenvalue weighted by Gasteiger charge is 2.55. The predicted molar refractivity (Wildman–Crippen MR) is 147 cm³/mol. The number of nitrogens with zero attached hydrogens (tertiary/aromatic N) is 4. The lowest BCUT2D eigenvalue weighted by Crippen LogP contribution is -2.29. The van der Waals surface area contributed by atoms with Crippen LogP contribution in [0.1, 0.15) is 12.5 Å². The maximum absolute atomic E-state index is 13.6. The van der Waals surface area contributed by atoms with E-state index in [-0.39, 0.29) is 18.7 Å². The summed E-state index contributed by atoms with van der Waals surface area (Å²) in [5.74, 6) is 1.04. The number of likely N-dealkylation sites (tertiary alicyclic amines) is 1. The van der Waals surface area contributed by atoms with Crippen molar-refractivity contribution in [3.63, 3.8) is 0 Å². The summed E-state index contributed by atoms with van der Waals surface area (Å²) < 4.78 is 6.49. The largest absolute Gasteiger partial charge is 0.465 e. The fourth-order valence-corrected chi connectivity index (χ4v) is 5.77. The molecule has 2 fully saturated rings. The smallest absolute Gasteiger partial charge is 0.326 e. The number of benzene rings is 2. The molecule has 8 nitrogen and oxygen atoms in total. The first-order valence-electron chi connectivity index (χ1n) is 12.9. The van der Waals surface area contributed by atoms with Crippen LogP contribution in [0, 0.1) is 11.8 Å². The molecule has 2 aromatic heterocycles. The molecule has 0 spiro atoms. The van der Waals surface area contributed by atoms with Crippen molar-refractivity contribution in [3.8, 4) is 11.1 Å². The number of aromatic nitrogens is 3. The summed E-state index contributed by atoms with van der Waals surface area (Å²) in [4.78, 5) is 37.7. The molecule has 4 aromatic rings. The van der Waals surface area contributed by atoms with Gasteiger partial charge in [-0.1, -0.05) is 60.1 Å². The summed E-state index contributed by atoms with van der Waals surface area (Å²) in [5.41, 5.74) is 2.32. The van der Waals surface area contributed by atoms with Gasteiger partial charge in [0.1, 0.15) is 12.2 Å². The van der Waals surface area contributed by atoms with Crippen molar-refractivity contribution < 1.29 is 9.53 Å². The van der Waals surface area contributed by atoms with E-state index < -0.39 is 5.97 Å². The van der Waals surface area contributed by atoms with E-state index in [1.165, 1.54) is 10.1 Å². The van der Waals surface area contributed by atoms with Crippen LogP contribution < -0.4 is 10.9 Å². The second kappa shape index (κ2) is 10.2. The number of hydrogen-bond acceptors (Lipinski definition) is 7. The second-order valence-corrected chi connectivity index (χ2v) is 10.3. The Balaban J connectivity index is 1.25. The molecule has 2 aliphatic rings. The molecule has 1 aliphatic heterocycles. The van der Waals surface area contributed by atoms with Crippen LogP contribution in [-0.4, -0.2) is 51.1 Å². The molecule has 38 heavy (non-hydrogen) atoms. The van der Waals surface area contributed by atoms with Gasteiger partial charge in [-0.25, -0.2) is 4.98 Å². The Morgan fingerprint density at radius 3 is 2.55 bits per heavy atom. The number of halogens is 1. The lowest BCUT2D eigenvalue weighted by atomic mass is 10.1. The van der Waals surface area contributed by atoms with E-state index in [0.717, 1.165) is 19.6 Å². The highest BCUT2D eigenvalue weighted by atomic mass is 35.5. The Morgan fingerprint density at radius 1 is 1.08 bits per heavy atom. The Hall–Kier alpha value is -3.75. The molecule has 2 unspecified atom stereocenters. The van der Waals surface area contributed by atoms with Crippen LogP contribution >= 0.6 is 11.6 Å². The Bertz CT molecular complexity index is 1550. The number of esters is 1. The lowest BCUT2D eigenvalue weighted by Gasteiger charge is -2.20. The van der Waals surface area contributed by atoms with Gasteiger partial charge in [0.2, 0.25) is 5.95 Å². The van der Waals surface area contributed by atoms with Crippen molar-refractivity contribution in [2.24, 2.45) is 11.8 Å². The number of carbonyl (C=O) groups is 1. The van der Waals surface area contributed by atoms with Gasteiger partial charge in [0.15, 0.2) is 0 Å². The van der Waals surface area contributed by atoms with Gasteiger partial charge < -0.3 is 10.1 Å². The van der Waals surface area contributed by atoms with Crippen molar-refractivity contribution in [1.82, 2.24) is 19.4 Å². The summed E-state index contributed by atoms with van der Waals surface area (Å²) in [6.45, 7) is 4.72. The van der Waals surface area contributed by atoms with Crippen LogP contribution in [-0.2, 0) is 22.6 Å². The zero-order chi connectivity index (χ0) is 26.2. The van der Waals surface area contributed by atoms with Gasteiger partial charge in [-0.3, -0.25) is 19.1 Å². The molecule has 1 aliphatic carbocycles. The summed E-state index contributed by atoms with van der Waals surface area (Å²) in [5, 5.41) is 4.56. The van der Waals surface area contributed by atoms with E-state index in [2.05, 4.69) is 44.5 Å². The fraction of sp³-hybridized carbons (Fsp3) is 0.310. The molecule has 9 heteroatoms. The summed E-state index contributed by atoms with van der Waals surface area (Å²) >= 11 is 6.40. The number of fused-ring (bicyclic) bond motifs is 2. The molecule has 0 amide bonds. The highest BCUT2D eigenvalue weighted by Crippen LogP contribution is 2.47. The molecule has 1 saturated heterocycles. The molecule has 0 radical (unpaired) electrons. The third kappa shape index (κ3) is 4.77. The maximum Gasteiger partial charge on any atom is 0.326 e. The SMILES string of the molecule is CCOC(=O)Cn1c(=O)c(-c2ccccc2Cl)cc2cnc(NC3C4CN(Cc5ccccc5)CC43)nc21. The standard InChI is InChI=1S/C29H28ClN5O3/c1-2-38-25(36)17-35-27-19(12-21(28(35)37)20-10-6-7-11-24(20)30)13-31-29(33-27)32-26-22-15-34(16-23(22)26)14-18-8-4-3-5-9-18/h3-13,22-23,26H,2,14-17H2,1H3,(H,31,32,33). The van der Waals surface area contributed by atoms with Gasteiger partial charge in [-0.15, -0.1) is 0 Å². The van der Waals surface area contributed by atoms with Crippen molar-refractivity contribution in [2.45, 2.75) is 26.1 Å². The number of ether oxygens (including phenoxy) is 1. The number of rotatable bonds is 8. The third-order valence-corrected chi connectivity index (χ3v) is 7.73. The first-order chi connectivity index (χ1) is 18.5. The number of piperidine rings is 1. The number of carbonyl (C=O) groups excluding carboxylic acids is 1. The molecule has 1 saturated carbocycles. The zero-order valence-corrected chi connectivity index (χ0v) is 21.8. The molecule has 0 bridgehead atoms. The second-order valence-electron chi connectivity index (χ2n) is 9.88. The van der Waals surface area contributed by atoms with Crippen molar-refractivity contribution in [1.29, 1.82) is 0 Å². The molecular formula is C29H28ClN5O3. The Morgan fingerprint density at radius 2 is 1.82 bits per heavy atom. The van der Waals surface area contributed by atoms with Gasteiger partial charge in [0, 0.05) is 53.4 Å². The van der Waals surface area contributed by atoms with Crippen molar-refractivity contribution >= 4 is 34.6 Å². The van der Waals surface area contributed by atoms with Gasteiger partial charge in [0.05, 0.1) is 6.61 Å². The topological polar surface area (TPSA) is 89.3 Å². The van der Waals surface area contributed by atoms with Crippen LogP contribution in [0.25, 0.3) is 22.2 Å². The number of hydrogen-bond donors (Lipinski definition) is 1. The van der Waals surface area contributed by atoms with Gasteiger partial charge >= 0.3 is 5.97 Å². The monoisotopic (exact) mass is 529 g/mol. The van der Waals surface area contributed by atoms with Crippen molar-refractivity contribution in [3.05, 3.63) is 87.8 Å². The van der Waals surface area contributed by atoms with Gasteiger partial charge in [0.25, 0.3) is 5.56 Å². The first-order valence-corrected chi connectivity index (χ1v) is 13.2. The van der Waals surface area contributed by atoms with E-state index in [1.807, 2.05) is 12.1 Å². The predicted octanol–water partition coefficient (Wildman–Crippen LogP) is 4.22. The third-order valence-electron chi connectivity index (χ3n) is 7.40. The summed E-state index contributed by atoms with van der Waals surface area (Å²) in [6, 6.07) is 19.7. The maximum atomic E-state index is 13.6. The van der Waals surface area contributed by atoms with Gasteiger partial charge in [-0.05, 0) is 36.5 Å². The van der Waals surface area contributed by atoms with E-state index in [1.54, 1.807) is 37.4 Å². The van der Waals surface area contributed by atoms with Gasteiger partial charge in [-0.2, -0.15) is 4.98 Å². The van der Waals surface area contributed by atoms with Crippen LogP contribution in [0.5, 0.6) is 0 Å². The first kappa shape index (κ1) is 24.6. The van der Waals surface area contributed by atoms with Crippen LogP contribution in [0.2, 0.25) is 5.02 Å². The Labute approximate surface area is 225 Å². The number of nitrogens with one attached hydrogen (secondary N) is 1. The molecule has 2 aromatic carbocycles. The average molecular weight is 530 g/mol. The molecular weight excluding hydrogens is 502 g/mol. The zero-order valence-electron chi connectivity index (χ0n) is 21.0. The quantitative estimate of drug-likeness (QED) is 0.342. The van der Waals surface area contributed by atoms with Crippen molar-refractivity contribution in [2.75, 3.05) is 25.0 Å². The minimum Gasteiger partial charge on any atom is -0.465 e. The summed E-state index contributed by atoms with van der Waals surface area (Å²) in [7, 11) is 0. The molecule has 3 heterocycles.